The number of fused-ring (bicyclic) bond motifs is 2. The molecule has 0 aromatic heterocycles. The van der Waals surface area contributed by atoms with Crippen molar-refractivity contribution in [1.82, 2.24) is 5.32 Å². The molecule has 74 valence electrons. The van der Waals surface area contributed by atoms with Crippen LogP contribution in [0.25, 0.3) is 0 Å². The Morgan fingerprint density at radius 1 is 1.23 bits per heavy atom. The van der Waals surface area contributed by atoms with Crippen molar-refractivity contribution in [3.8, 4) is 0 Å². The van der Waals surface area contributed by atoms with Crippen molar-refractivity contribution in [3.05, 3.63) is 0 Å². The highest BCUT2D eigenvalue weighted by Gasteiger charge is 2.47. The maximum absolute atomic E-state index is 3.95. The molecule has 1 nitrogen and oxygen atoms in total. The molecule has 0 aromatic rings. The number of hydrogen-bond acceptors (Lipinski definition) is 1. The number of nitrogens with one attached hydrogen (secondary N) is 1. The number of hydrogen-bond donors (Lipinski definition) is 1. The van der Waals surface area contributed by atoms with Gasteiger partial charge in [-0.1, -0.05) is 13.3 Å². The van der Waals surface area contributed by atoms with E-state index in [1.165, 1.54) is 44.9 Å². The van der Waals surface area contributed by atoms with Gasteiger partial charge in [0.2, 0.25) is 0 Å². The maximum atomic E-state index is 3.95. The second-order valence-corrected chi connectivity index (χ2v) is 5.56. The fourth-order valence-electron chi connectivity index (χ4n) is 3.57. The summed E-state index contributed by atoms with van der Waals surface area (Å²) in [5.74, 6) is 2.14. The van der Waals surface area contributed by atoms with Crippen LogP contribution in [0.3, 0.4) is 0 Å². The third-order valence-electron chi connectivity index (χ3n) is 4.76. The minimum Gasteiger partial charge on any atom is -0.308 e. The van der Waals surface area contributed by atoms with Crippen LogP contribution in [0.15, 0.2) is 0 Å². The van der Waals surface area contributed by atoms with Gasteiger partial charge in [0, 0.05) is 11.6 Å². The van der Waals surface area contributed by atoms with Gasteiger partial charge in [0.05, 0.1) is 0 Å². The van der Waals surface area contributed by atoms with Crippen LogP contribution in [0, 0.1) is 11.8 Å². The zero-order chi connectivity index (χ0) is 8.89. The lowest BCUT2D eigenvalue weighted by Crippen LogP contribution is -2.42. The first-order valence-corrected chi connectivity index (χ1v) is 6.09. The lowest BCUT2D eigenvalue weighted by atomic mass is 9.94. The molecular formula is C12H21N. The van der Waals surface area contributed by atoms with Gasteiger partial charge in [0.15, 0.2) is 0 Å². The SMILES string of the molecule is CCC1(NC2CC3CCC2C3)CC1. The second kappa shape index (κ2) is 2.73. The van der Waals surface area contributed by atoms with Gasteiger partial charge in [0.25, 0.3) is 0 Å². The normalized spacial score (nSPS) is 45.5. The van der Waals surface area contributed by atoms with Crippen molar-refractivity contribution in [3.63, 3.8) is 0 Å². The van der Waals surface area contributed by atoms with Crippen molar-refractivity contribution in [2.24, 2.45) is 11.8 Å². The molecule has 3 saturated carbocycles. The van der Waals surface area contributed by atoms with Crippen molar-refractivity contribution < 1.29 is 0 Å². The molecule has 0 heterocycles. The second-order valence-electron chi connectivity index (χ2n) is 5.56. The first-order chi connectivity index (χ1) is 6.31. The zero-order valence-corrected chi connectivity index (χ0v) is 8.68. The molecule has 0 spiro atoms. The van der Waals surface area contributed by atoms with E-state index in [-0.39, 0.29) is 0 Å². The van der Waals surface area contributed by atoms with Gasteiger partial charge in [-0.2, -0.15) is 0 Å². The molecule has 3 aliphatic rings. The summed E-state index contributed by atoms with van der Waals surface area (Å²) in [6.45, 7) is 2.34. The summed E-state index contributed by atoms with van der Waals surface area (Å²) in [4.78, 5) is 0. The molecule has 0 aromatic carbocycles. The molecule has 2 bridgehead atoms. The van der Waals surface area contributed by atoms with Crippen LogP contribution in [0.5, 0.6) is 0 Å². The molecule has 13 heavy (non-hydrogen) atoms. The predicted octanol–water partition coefficient (Wildman–Crippen LogP) is 2.71. The van der Waals surface area contributed by atoms with Crippen molar-refractivity contribution in [2.45, 2.75) is 63.5 Å². The van der Waals surface area contributed by atoms with Crippen LogP contribution in [0.2, 0.25) is 0 Å². The molecule has 3 atom stereocenters. The lowest BCUT2D eigenvalue weighted by molar-refractivity contribution is 0.303. The summed E-state index contributed by atoms with van der Waals surface area (Å²) in [5, 5.41) is 3.95. The largest absolute Gasteiger partial charge is 0.308 e. The Hall–Kier alpha value is -0.0400. The van der Waals surface area contributed by atoms with E-state index in [0.29, 0.717) is 5.54 Å². The molecule has 3 fully saturated rings. The molecule has 0 amide bonds. The van der Waals surface area contributed by atoms with Crippen LogP contribution in [0.4, 0.5) is 0 Å². The summed E-state index contributed by atoms with van der Waals surface area (Å²) < 4.78 is 0. The van der Waals surface area contributed by atoms with E-state index in [0.717, 1.165) is 17.9 Å². The van der Waals surface area contributed by atoms with Crippen LogP contribution < -0.4 is 5.32 Å². The van der Waals surface area contributed by atoms with Crippen molar-refractivity contribution >= 4 is 0 Å². The smallest absolute Gasteiger partial charge is 0.0183 e. The predicted molar refractivity (Wildman–Crippen MR) is 54.6 cm³/mol. The Kier molecular flexibility index (Phi) is 1.74. The van der Waals surface area contributed by atoms with Crippen LogP contribution >= 0.6 is 0 Å². The van der Waals surface area contributed by atoms with Crippen molar-refractivity contribution in [2.75, 3.05) is 0 Å². The maximum Gasteiger partial charge on any atom is 0.0183 e. The van der Waals surface area contributed by atoms with Gasteiger partial charge < -0.3 is 5.32 Å². The molecule has 1 N–H and O–H groups in total. The van der Waals surface area contributed by atoms with Crippen molar-refractivity contribution in [1.29, 1.82) is 0 Å². The van der Waals surface area contributed by atoms with E-state index in [1.54, 1.807) is 0 Å². The van der Waals surface area contributed by atoms with Crippen LogP contribution in [0.1, 0.15) is 51.9 Å². The fourth-order valence-corrected chi connectivity index (χ4v) is 3.57. The Morgan fingerprint density at radius 2 is 2.08 bits per heavy atom. The lowest BCUT2D eigenvalue weighted by Gasteiger charge is -2.28. The summed E-state index contributed by atoms with van der Waals surface area (Å²) in [6.07, 6.45) is 10.3. The van der Waals surface area contributed by atoms with Gasteiger partial charge in [-0.3, -0.25) is 0 Å². The first-order valence-electron chi connectivity index (χ1n) is 6.09. The number of rotatable bonds is 3. The Labute approximate surface area is 81.3 Å². The summed E-state index contributed by atoms with van der Waals surface area (Å²) in [6, 6.07) is 0.904. The molecule has 0 radical (unpaired) electrons. The topological polar surface area (TPSA) is 12.0 Å². The molecular weight excluding hydrogens is 158 g/mol. The molecule has 0 saturated heterocycles. The van der Waals surface area contributed by atoms with Gasteiger partial charge >= 0.3 is 0 Å². The highest BCUT2D eigenvalue weighted by atomic mass is 15.1. The first kappa shape index (κ1) is 8.28. The molecule has 3 aliphatic carbocycles. The van der Waals surface area contributed by atoms with Gasteiger partial charge in [-0.25, -0.2) is 0 Å². The minimum absolute atomic E-state index is 0.606. The summed E-state index contributed by atoms with van der Waals surface area (Å²) in [7, 11) is 0. The van der Waals surface area contributed by atoms with E-state index in [1.807, 2.05) is 0 Å². The van der Waals surface area contributed by atoms with Crippen LogP contribution in [-0.4, -0.2) is 11.6 Å². The third-order valence-corrected chi connectivity index (χ3v) is 4.76. The summed E-state index contributed by atoms with van der Waals surface area (Å²) >= 11 is 0. The van der Waals surface area contributed by atoms with Gasteiger partial charge in [-0.15, -0.1) is 0 Å². The highest BCUT2D eigenvalue weighted by molar-refractivity contribution is 5.06. The Balaban J connectivity index is 1.62. The van der Waals surface area contributed by atoms with E-state index >= 15 is 0 Å². The summed E-state index contributed by atoms with van der Waals surface area (Å²) in [5.41, 5.74) is 0.606. The molecule has 0 aliphatic heterocycles. The van der Waals surface area contributed by atoms with Gasteiger partial charge in [0.1, 0.15) is 0 Å². The monoisotopic (exact) mass is 179 g/mol. The molecule has 3 unspecified atom stereocenters. The zero-order valence-electron chi connectivity index (χ0n) is 8.68. The average Bonchev–Trinajstić information content (AvgIpc) is 2.62. The van der Waals surface area contributed by atoms with Gasteiger partial charge in [-0.05, 0) is 50.4 Å². The molecule has 1 heteroatoms. The standard InChI is InChI=1S/C12H21N/c1-2-12(5-6-12)13-11-8-9-3-4-10(11)7-9/h9-11,13H,2-8H2,1H3. The Morgan fingerprint density at radius 3 is 2.54 bits per heavy atom. The molecule has 3 rings (SSSR count). The fraction of sp³-hybridized carbons (Fsp3) is 1.00. The highest BCUT2D eigenvalue weighted by Crippen LogP contribution is 2.48. The van der Waals surface area contributed by atoms with Crippen LogP contribution in [-0.2, 0) is 0 Å². The minimum atomic E-state index is 0.606. The van der Waals surface area contributed by atoms with E-state index in [2.05, 4.69) is 12.2 Å². The average molecular weight is 179 g/mol. The van der Waals surface area contributed by atoms with E-state index in [4.69, 9.17) is 0 Å². The Bertz CT molecular complexity index is 207. The van der Waals surface area contributed by atoms with E-state index in [9.17, 15) is 0 Å². The third kappa shape index (κ3) is 1.32. The van der Waals surface area contributed by atoms with E-state index < -0.39 is 0 Å². The quantitative estimate of drug-likeness (QED) is 0.702.